The largest absolute Gasteiger partial charge is 0.497 e. The first-order chi connectivity index (χ1) is 10.6. The Labute approximate surface area is 126 Å². The lowest BCUT2D eigenvalue weighted by Crippen LogP contribution is -2.05. The normalized spacial score (nSPS) is 10.9. The summed E-state index contributed by atoms with van der Waals surface area (Å²) in [4.78, 5) is 24.2. The van der Waals surface area contributed by atoms with E-state index in [1.807, 2.05) is 0 Å². The average Bonchev–Trinajstić information content (AvgIpc) is 2.53. The summed E-state index contributed by atoms with van der Waals surface area (Å²) in [5.74, 6) is 0.730. The Kier molecular flexibility index (Phi) is 3.33. The second-order valence-electron chi connectivity index (χ2n) is 4.88. The number of carbonyl (C=O) groups excluding carboxylic acids is 1. The van der Waals surface area contributed by atoms with Gasteiger partial charge in [0, 0.05) is 10.8 Å². The third-order valence-electron chi connectivity index (χ3n) is 3.62. The van der Waals surface area contributed by atoms with Crippen LogP contribution in [-0.2, 0) is 0 Å². The Morgan fingerprint density at radius 2 is 1.73 bits per heavy atom. The third-order valence-corrected chi connectivity index (χ3v) is 3.62. The topological polar surface area (TPSA) is 65.7 Å². The minimum absolute atomic E-state index is 0.224. The molecule has 5 nitrogen and oxygen atoms in total. The van der Waals surface area contributed by atoms with Crippen LogP contribution in [0.1, 0.15) is 17.3 Å². The highest BCUT2D eigenvalue weighted by Gasteiger charge is 2.18. The molecule has 0 aliphatic heterocycles. The average molecular weight is 298 g/mol. The van der Waals surface area contributed by atoms with E-state index in [1.165, 1.54) is 21.1 Å². The molecule has 0 saturated heterocycles. The second-order valence-corrected chi connectivity index (χ2v) is 4.88. The van der Waals surface area contributed by atoms with Gasteiger partial charge in [0.15, 0.2) is 11.4 Å². The number of ketones is 1. The zero-order chi connectivity index (χ0) is 15.9. The van der Waals surface area contributed by atoms with E-state index in [1.54, 1.807) is 30.3 Å². The van der Waals surface area contributed by atoms with Gasteiger partial charge in [-0.25, -0.2) is 4.79 Å². The van der Waals surface area contributed by atoms with Gasteiger partial charge in [-0.15, -0.1) is 0 Å². The molecule has 0 saturated carbocycles. The van der Waals surface area contributed by atoms with Gasteiger partial charge in [-0.05, 0) is 37.3 Å². The Morgan fingerprint density at radius 1 is 1.00 bits per heavy atom. The number of benzene rings is 2. The highest BCUT2D eigenvalue weighted by molar-refractivity contribution is 6.13. The number of fused-ring (bicyclic) bond motifs is 3. The molecule has 0 aliphatic carbocycles. The van der Waals surface area contributed by atoms with Crippen LogP contribution in [0.25, 0.3) is 21.7 Å². The van der Waals surface area contributed by atoms with Crippen LogP contribution in [0.4, 0.5) is 0 Å². The number of Topliss-reactive ketones (excluding diaryl/α,β-unsaturated/α-hetero) is 1. The van der Waals surface area contributed by atoms with E-state index in [2.05, 4.69) is 0 Å². The summed E-state index contributed by atoms with van der Waals surface area (Å²) < 4.78 is 15.7. The van der Waals surface area contributed by atoms with Crippen molar-refractivity contribution in [2.45, 2.75) is 6.92 Å². The molecule has 0 spiro atoms. The Morgan fingerprint density at radius 3 is 2.36 bits per heavy atom. The summed E-state index contributed by atoms with van der Waals surface area (Å²) in [7, 11) is 3.00. The van der Waals surface area contributed by atoms with Crippen molar-refractivity contribution < 1.29 is 18.7 Å². The van der Waals surface area contributed by atoms with E-state index in [4.69, 9.17) is 13.9 Å². The van der Waals surface area contributed by atoms with Crippen molar-refractivity contribution in [1.29, 1.82) is 0 Å². The van der Waals surface area contributed by atoms with Gasteiger partial charge in [0.05, 0.1) is 19.6 Å². The fraction of sp³-hybridized carbons (Fsp3) is 0.176. The van der Waals surface area contributed by atoms with Crippen molar-refractivity contribution in [1.82, 2.24) is 0 Å². The smallest absolute Gasteiger partial charge is 0.344 e. The lowest BCUT2D eigenvalue weighted by Gasteiger charge is -2.10. The van der Waals surface area contributed by atoms with E-state index in [0.717, 1.165) is 0 Å². The number of hydrogen-bond donors (Lipinski definition) is 0. The molecule has 0 fully saturated rings. The van der Waals surface area contributed by atoms with Crippen LogP contribution in [0.5, 0.6) is 11.5 Å². The molecule has 22 heavy (non-hydrogen) atoms. The van der Waals surface area contributed by atoms with Crippen LogP contribution in [0.2, 0.25) is 0 Å². The Hall–Kier alpha value is -2.82. The first-order valence-corrected chi connectivity index (χ1v) is 6.69. The summed E-state index contributed by atoms with van der Waals surface area (Å²) >= 11 is 0. The van der Waals surface area contributed by atoms with E-state index >= 15 is 0 Å². The third kappa shape index (κ3) is 2.02. The number of ether oxygens (including phenoxy) is 2. The van der Waals surface area contributed by atoms with Crippen molar-refractivity contribution in [2.24, 2.45) is 0 Å². The molecule has 5 heteroatoms. The summed E-state index contributed by atoms with van der Waals surface area (Å²) in [5, 5.41) is 1.80. The molecule has 1 aromatic heterocycles. The van der Waals surface area contributed by atoms with E-state index < -0.39 is 5.63 Å². The summed E-state index contributed by atoms with van der Waals surface area (Å²) in [6.45, 7) is 1.41. The molecule has 0 aliphatic rings. The molecule has 112 valence electrons. The summed E-state index contributed by atoms with van der Waals surface area (Å²) in [6, 6.07) is 8.64. The van der Waals surface area contributed by atoms with Gasteiger partial charge in [0.25, 0.3) is 0 Å². The lowest BCUT2D eigenvalue weighted by molar-refractivity contribution is 0.101. The molecule has 0 radical (unpaired) electrons. The van der Waals surface area contributed by atoms with Gasteiger partial charge in [0.1, 0.15) is 17.1 Å². The molecule has 0 atom stereocenters. The van der Waals surface area contributed by atoms with Gasteiger partial charge in [0.2, 0.25) is 0 Å². The fourth-order valence-electron chi connectivity index (χ4n) is 2.59. The lowest BCUT2D eigenvalue weighted by atomic mass is 10.0. The molecule has 2 aromatic carbocycles. The summed E-state index contributed by atoms with van der Waals surface area (Å²) in [5.41, 5.74) is 0.00138. The zero-order valence-corrected chi connectivity index (χ0v) is 12.4. The minimum atomic E-state index is -0.517. The molecule has 0 bridgehead atoms. The fourth-order valence-corrected chi connectivity index (χ4v) is 2.59. The predicted molar refractivity (Wildman–Crippen MR) is 83.1 cm³/mol. The standard InChI is InChI=1S/C17H14O5/c1-9(18)15-14(21-3)7-6-12-11-5-4-10(20-2)8-13(11)17(19)22-16(12)15/h4-8H,1-3H3. The molecule has 3 rings (SSSR count). The molecular formula is C17H14O5. The maximum absolute atomic E-state index is 12.3. The van der Waals surface area contributed by atoms with Crippen LogP contribution in [0, 0.1) is 0 Å². The van der Waals surface area contributed by atoms with E-state index in [-0.39, 0.29) is 16.9 Å². The SMILES string of the molecule is COc1ccc2c(c1)c(=O)oc1c(C(C)=O)c(OC)ccc12. The molecule has 0 unspecified atom stereocenters. The first kappa shape index (κ1) is 14.1. The molecule has 0 N–H and O–H groups in total. The molecule has 1 heterocycles. The number of rotatable bonds is 3. The van der Waals surface area contributed by atoms with Crippen molar-refractivity contribution in [3.8, 4) is 11.5 Å². The van der Waals surface area contributed by atoms with Gasteiger partial charge in [-0.2, -0.15) is 0 Å². The van der Waals surface area contributed by atoms with Gasteiger partial charge < -0.3 is 13.9 Å². The predicted octanol–water partition coefficient (Wildman–Crippen LogP) is 3.17. The van der Waals surface area contributed by atoms with Gasteiger partial charge in [-0.1, -0.05) is 0 Å². The van der Waals surface area contributed by atoms with Crippen molar-refractivity contribution >= 4 is 27.5 Å². The Balaban J connectivity index is 2.52. The van der Waals surface area contributed by atoms with Crippen LogP contribution in [-0.4, -0.2) is 20.0 Å². The van der Waals surface area contributed by atoms with Gasteiger partial charge in [-0.3, -0.25) is 4.79 Å². The highest BCUT2D eigenvalue weighted by Crippen LogP contribution is 2.32. The highest BCUT2D eigenvalue weighted by atomic mass is 16.5. The molecule has 3 aromatic rings. The van der Waals surface area contributed by atoms with Crippen LogP contribution in [0.3, 0.4) is 0 Å². The number of carbonyl (C=O) groups is 1. The van der Waals surface area contributed by atoms with Crippen molar-refractivity contribution in [2.75, 3.05) is 14.2 Å². The number of methoxy groups -OCH3 is 2. The Bertz CT molecular complexity index is 953. The first-order valence-electron chi connectivity index (χ1n) is 6.69. The van der Waals surface area contributed by atoms with E-state index in [0.29, 0.717) is 27.7 Å². The maximum Gasteiger partial charge on any atom is 0.344 e. The molecule has 0 amide bonds. The monoisotopic (exact) mass is 298 g/mol. The van der Waals surface area contributed by atoms with E-state index in [9.17, 15) is 9.59 Å². The van der Waals surface area contributed by atoms with Crippen LogP contribution < -0.4 is 15.1 Å². The second kappa shape index (κ2) is 5.18. The minimum Gasteiger partial charge on any atom is -0.497 e. The van der Waals surface area contributed by atoms with Crippen molar-refractivity contribution in [3.05, 3.63) is 46.3 Å². The van der Waals surface area contributed by atoms with Crippen molar-refractivity contribution in [3.63, 3.8) is 0 Å². The quantitative estimate of drug-likeness (QED) is 0.422. The van der Waals surface area contributed by atoms with Crippen LogP contribution in [0.15, 0.2) is 39.5 Å². The van der Waals surface area contributed by atoms with Gasteiger partial charge >= 0.3 is 5.63 Å². The number of hydrogen-bond acceptors (Lipinski definition) is 5. The van der Waals surface area contributed by atoms with Crippen LogP contribution >= 0.6 is 0 Å². The maximum atomic E-state index is 12.3. The summed E-state index contributed by atoms with van der Waals surface area (Å²) in [6.07, 6.45) is 0. The zero-order valence-electron chi connectivity index (χ0n) is 12.4. The molecular weight excluding hydrogens is 284 g/mol.